The van der Waals surface area contributed by atoms with Gasteiger partial charge in [-0.2, -0.15) is 0 Å². The van der Waals surface area contributed by atoms with Crippen LogP contribution in [0.3, 0.4) is 0 Å². The predicted octanol–water partition coefficient (Wildman–Crippen LogP) is 5.66. The van der Waals surface area contributed by atoms with E-state index in [1.54, 1.807) is 5.56 Å². The molecule has 4 heterocycles. The third kappa shape index (κ3) is 2.53. The molecule has 2 unspecified atom stereocenters. The van der Waals surface area contributed by atoms with Crippen LogP contribution >= 0.6 is 0 Å². The van der Waals surface area contributed by atoms with E-state index < -0.39 is 0 Å². The van der Waals surface area contributed by atoms with Crippen LogP contribution in [0.25, 0.3) is 21.8 Å². The molecule has 2 bridgehead atoms. The molecule has 6 rings (SSSR count). The number of aromatic nitrogens is 2. The molecule has 3 nitrogen and oxygen atoms in total. The van der Waals surface area contributed by atoms with Crippen LogP contribution in [0.5, 0.6) is 0 Å². The highest BCUT2D eigenvalue weighted by molar-refractivity contribution is 5.85. The minimum atomic E-state index is 0.623. The average molecular weight is 370 g/mol. The molecule has 28 heavy (non-hydrogen) atoms. The van der Waals surface area contributed by atoms with Crippen LogP contribution in [0.15, 0.2) is 60.8 Å². The number of rotatable bonds is 5. The van der Waals surface area contributed by atoms with Crippen LogP contribution < -0.4 is 0 Å². The fourth-order valence-electron chi connectivity index (χ4n) is 5.71. The third-order valence-electron chi connectivity index (χ3n) is 6.99. The molecule has 2 aliphatic rings. The Morgan fingerprint density at radius 2 is 1.75 bits per heavy atom. The summed E-state index contributed by atoms with van der Waals surface area (Å²) in [4.78, 5) is 6.53. The van der Waals surface area contributed by atoms with E-state index in [0.29, 0.717) is 6.04 Å². The van der Waals surface area contributed by atoms with Gasteiger partial charge in [-0.25, -0.2) is 0 Å². The van der Waals surface area contributed by atoms with Gasteiger partial charge in [-0.1, -0.05) is 36.4 Å². The molecule has 0 spiro atoms. The molecular formula is C25H27N3. The lowest BCUT2D eigenvalue weighted by molar-refractivity contribution is 0.173. The molecular weight excluding hydrogens is 342 g/mol. The van der Waals surface area contributed by atoms with Crippen LogP contribution in [0.2, 0.25) is 0 Å². The van der Waals surface area contributed by atoms with Crippen LogP contribution in [-0.4, -0.2) is 27.0 Å². The SMILES string of the molecule is c1ccc2c(c1)ccn2CCCCN1C2CCC1c1c([nH]c3ccccc13)C2. The maximum Gasteiger partial charge on any atom is 0.0480 e. The molecule has 0 radical (unpaired) electrons. The van der Waals surface area contributed by atoms with Crippen molar-refractivity contribution >= 4 is 21.8 Å². The van der Waals surface area contributed by atoms with Crippen LogP contribution in [0.4, 0.5) is 0 Å². The number of nitrogens with one attached hydrogen (secondary N) is 1. The number of aromatic amines is 1. The van der Waals surface area contributed by atoms with Crippen molar-refractivity contribution < 1.29 is 0 Å². The van der Waals surface area contributed by atoms with Crippen molar-refractivity contribution in [3.8, 4) is 0 Å². The van der Waals surface area contributed by atoms with E-state index in [1.807, 2.05) is 0 Å². The van der Waals surface area contributed by atoms with Gasteiger partial charge in [-0.3, -0.25) is 4.90 Å². The zero-order chi connectivity index (χ0) is 18.5. The Labute approximate surface area is 166 Å². The lowest BCUT2D eigenvalue weighted by atomic mass is 9.96. The Morgan fingerprint density at radius 3 is 2.75 bits per heavy atom. The first-order chi connectivity index (χ1) is 13.9. The monoisotopic (exact) mass is 369 g/mol. The highest BCUT2D eigenvalue weighted by atomic mass is 15.2. The third-order valence-corrected chi connectivity index (χ3v) is 6.99. The summed E-state index contributed by atoms with van der Waals surface area (Å²) >= 11 is 0. The molecule has 4 aromatic rings. The zero-order valence-electron chi connectivity index (χ0n) is 16.3. The first kappa shape index (κ1) is 16.4. The number of hydrogen-bond acceptors (Lipinski definition) is 1. The fourth-order valence-corrected chi connectivity index (χ4v) is 5.71. The van der Waals surface area contributed by atoms with Crippen LogP contribution in [-0.2, 0) is 13.0 Å². The Balaban J connectivity index is 1.16. The van der Waals surface area contributed by atoms with Crippen molar-refractivity contribution in [2.75, 3.05) is 6.54 Å². The van der Waals surface area contributed by atoms with Gasteiger partial charge in [-0.15, -0.1) is 0 Å². The van der Waals surface area contributed by atoms with Crippen molar-refractivity contribution in [2.45, 2.75) is 50.7 Å². The van der Waals surface area contributed by atoms with E-state index in [9.17, 15) is 0 Å². The van der Waals surface area contributed by atoms with Gasteiger partial charge >= 0.3 is 0 Å². The number of H-pyrrole nitrogens is 1. The topological polar surface area (TPSA) is 24.0 Å². The molecule has 1 saturated heterocycles. The zero-order valence-corrected chi connectivity index (χ0v) is 16.3. The van der Waals surface area contributed by atoms with Gasteiger partial charge in [0.15, 0.2) is 0 Å². The lowest BCUT2D eigenvalue weighted by Gasteiger charge is -2.35. The molecule has 0 amide bonds. The van der Waals surface area contributed by atoms with E-state index in [0.717, 1.165) is 12.6 Å². The van der Waals surface area contributed by atoms with Crippen LogP contribution in [0.1, 0.15) is 43.0 Å². The van der Waals surface area contributed by atoms with Crippen molar-refractivity contribution in [3.63, 3.8) is 0 Å². The summed E-state index contributed by atoms with van der Waals surface area (Å²) in [6.07, 6.45) is 8.63. The molecule has 3 heteroatoms. The first-order valence-electron chi connectivity index (χ1n) is 10.8. The second-order valence-corrected chi connectivity index (χ2v) is 8.53. The number of fused-ring (bicyclic) bond motifs is 7. The smallest absolute Gasteiger partial charge is 0.0480 e. The summed E-state index contributed by atoms with van der Waals surface area (Å²) in [5.41, 5.74) is 5.79. The van der Waals surface area contributed by atoms with Crippen molar-refractivity contribution in [3.05, 3.63) is 72.1 Å². The van der Waals surface area contributed by atoms with Gasteiger partial charge < -0.3 is 9.55 Å². The summed E-state index contributed by atoms with van der Waals surface area (Å²) in [7, 11) is 0. The molecule has 1 N–H and O–H groups in total. The van der Waals surface area contributed by atoms with E-state index >= 15 is 0 Å². The Morgan fingerprint density at radius 1 is 0.893 bits per heavy atom. The molecule has 0 saturated carbocycles. The second-order valence-electron chi connectivity index (χ2n) is 8.53. The number of aryl methyl sites for hydroxylation is 1. The van der Waals surface area contributed by atoms with Crippen LogP contribution in [0, 0.1) is 0 Å². The van der Waals surface area contributed by atoms with Gasteiger partial charge in [-0.05, 0) is 61.4 Å². The Hall–Kier alpha value is -2.52. The first-order valence-corrected chi connectivity index (χ1v) is 10.8. The largest absolute Gasteiger partial charge is 0.358 e. The standard InChI is InChI=1S/C25H27N3/c1-4-10-23-18(7-1)13-16-27(23)14-5-6-15-28-19-11-12-24(28)25-20-8-2-3-9-21(20)26-22(25)17-19/h1-4,7-10,13,16,19,24,26H,5-6,11-12,14-15,17H2. The number of para-hydroxylation sites is 2. The molecule has 0 aliphatic carbocycles. The fraction of sp³-hybridized carbons (Fsp3) is 0.360. The number of hydrogen-bond donors (Lipinski definition) is 1. The van der Waals surface area contributed by atoms with E-state index in [4.69, 9.17) is 0 Å². The van der Waals surface area contributed by atoms with Gasteiger partial charge in [0, 0.05) is 53.4 Å². The quantitative estimate of drug-likeness (QED) is 0.451. The summed E-state index contributed by atoms with van der Waals surface area (Å²) in [5.74, 6) is 0. The van der Waals surface area contributed by atoms with Gasteiger partial charge in [0.1, 0.15) is 0 Å². The van der Waals surface area contributed by atoms with Crippen molar-refractivity contribution in [2.24, 2.45) is 0 Å². The number of benzene rings is 2. The van der Waals surface area contributed by atoms with Gasteiger partial charge in [0.2, 0.25) is 0 Å². The molecule has 2 aromatic heterocycles. The molecule has 1 fully saturated rings. The lowest BCUT2D eigenvalue weighted by Crippen LogP contribution is -2.38. The second kappa shape index (κ2) is 6.52. The van der Waals surface area contributed by atoms with E-state index in [-0.39, 0.29) is 0 Å². The normalized spacial score (nSPS) is 21.6. The average Bonchev–Trinajstić information content (AvgIpc) is 3.38. The maximum absolute atomic E-state index is 3.71. The minimum absolute atomic E-state index is 0.623. The highest BCUT2D eigenvalue weighted by Gasteiger charge is 2.41. The van der Waals surface area contributed by atoms with E-state index in [1.165, 1.54) is 66.1 Å². The Bertz CT molecular complexity index is 1140. The summed E-state index contributed by atoms with van der Waals surface area (Å²) in [5, 5.41) is 2.80. The summed E-state index contributed by atoms with van der Waals surface area (Å²) in [6, 6.07) is 21.2. The summed E-state index contributed by atoms with van der Waals surface area (Å²) in [6.45, 7) is 2.35. The molecule has 142 valence electrons. The van der Waals surface area contributed by atoms with E-state index in [2.05, 4.69) is 75.2 Å². The Kier molecular flexibility index (Phi) is 3.83. The molecule has 2 aromatic carbocycles. The van der Waals surface area contributed by atoms with Gasteiger partial charge in [0.05, 0.1) is 0 Å². The molecule has 2 atom stereocenters. The predicted molar refractivity (Wildman–Crippen MR) is 116 cm³/mol. The minimum Gasteiger partial charge on any atom is -0.358 e. The van der Waals surface area contributed by atoms with Crippen molar-refractivity contribution in [1.82, 2.24) is 14.5 Å². The highest BCUT2D eigenvalue weighted by Crippen LogP contribution is 2.46. The number of nitrogens with zero attached hydrogens (tertiary/aromatic N) is 2. The number of unbranched alkanes of at least 4 members (excludes halogenated alkanes) is 1. The van der Waals surface area contributed by atoms with Gasteiger partial charge in [0.25, 0.3) is 0 Å². The van der Waals surface area contributed by atoms with Crippen molar-refractivity contribution in [1.29, 1.82) is 0 Å². The summed E-state index contributed by atoms with van der Waals surface area (Å²) < 4.78 is 2.41. The maximum atomic E-state index is 3.71. The molecule has 2 aliphatic heterocycles.